The van der Waals surface area contributed by atoms with E-state index in [1.165, 1.54) is 0 Å². The van der Waals surface area contributed by atoms with Gasteiger partial charge in [-0.25, -0.2) is 0 Å². The lowest BCUT2D eigenvalue weighted by atomic mass is 10.2. The maximum Gasteiger partial charge on any atom is 0.317 e. The van der Waals surface area contributed by atoms with Crippen molar-refractivity contribution in [2.24, 2.45) is 0 Å². The molecule has 0 radical (unpaired) electrons. The van der Waals surface area contributed by atoms with Crippen molar-refractivity contribution >= 4 is 21.9 Å². The first-order valence-corrected chi connectivity index (χ1v) is 6.26. The van der Waals surface area contributed by atoms with Crippen molar-refractivity contribution in [1.82, 2.24) is 5.32 Å². The van der Waals surface area contributed by atoms with Crippen LogP contribution < -0.4 is 10.1 Å². The van der Waals surface area contributed by atoms with Crippen molar-refractivity contribution in [1.29, 1.82) is 0 Å². The molecule has 0 fully saturated rings. The zero-order valence-corrected chi connectivity index (χ0v) is 11.3. The number of carboxylic acid groups (broad SMARTS) is 1. The van der Waals surface area contributed by atoms with Crippen molar-refractivity contribution in [3.63, 3.8) is 0 Å². The number of hydrogen-bond acceptors (Lipinski definition) is 3. The van der Waals surface area contributed by atoms with Gasteiger partial charge in [0.15, 0.2) is 0 Å². The standard InChI is InChI=1S/C12H16BrNO3/c1-2-5-17-11-4-3-9(6-10(11)13)7-14-8-12(15)16/h3-4,6,14H,2,5,7-8H2,1H3,(H,15,16). The second kappa shape index (κ2) is 7.29. The van der Waals surface area contributed by atoms with Gasteiger partial charge < -0.3 is 15.2 Å². The Labute approximate surface area is 109 Å². The lowest BCUT2D eigenvalue weighted by molar-refractivity contribution is -0.135. The Balaban J connectivity index is 2.52. The third kappa shape index (κ3) is 5.19. The van der Waals surface area contributed by atoms with Crippen LogP contribution in [0.1, 0.15) is 18.9 Å². The lowest BCUT2D eigenvalue weighted by Gasteiger charge is -2.09. The molecule has 0 amide bonds. The fraction of sp³-hybridized carbons (Fsp3) is 0.417. The summed E-state index contributed by atoms with van der Waals surface area (Å²) in [6.07, 6.45) is 0.967. The van der Waals surface area contributed by atoms with E-state index in [-0.39, 0.29) is 6.54 Å². The maximum atomic E-state index is 10.3. The summed E-state index contributed by atoms with van der Waals surface area (Å²) in [6.45, 7) is 3.23. The summed E-state index contributed by atoms with van der Waals surface area (Å²) in [5.41, 5.74) is 1.02. The SMILES string of the molecule is CCCOc1ccc(CNCC(=O)O)cc1Br. The highest BCUT2D eigenvalue weighted by Gasteiger charge is 2.03. The largest absolute Gasteiger partial charge is 0.492 e. The molecule has 4 nitrogen and oxygen atoms in total. The van der Waals surface area contributed by atoms with E-state index in [1.807, 2.05) is 18.2 Å². The first-order chi connectivity index (χ1) is 8.13. The van der Waals surface area contributed by atoms with Gasteiger partial charge in [0, 0.05) is 6.54 Å². The van der Waals surface area contributed by atoms with Gasteiger partial charge >= 0.3 is 5.97 Å². The van der Waals surface area contributed by atoms with E-state index >= 15 is 0 Å². The second-order valence-corrected chi connectivity index (χ2v) is 4.46. The number of carbonyl (C=O) groups is 1. The van der Waals surface area contributed by atoms with Crippen LogP contribution in [-0.2, 0) is 11.3 Å². The third-order valence-electron chi connectivity index (χ3n) is 2.06. The van der Waals surface area contributed by atoms with Gasteiger partial charge in [0.1, 0.15) is 5.75 Å². The molecule has 0 aliphatic heterocycles. The predicted molar refractivity (Wildman–Crippen MR) is 69.3 cm³/mol. The van der Waals surface area contributed by atoms with E-state index in [9.17, 15) is 4.79 Å². The minimum absolute atomic E-state index is 0.0360. The highest BCUT2D eigenvalue weighted by atomic mass is 79.9. The number of benzene rings is 1. The summed E-state index contributed by atoms with van der Waals surface area (Å²) < 4.78 is 6.41. The average molecular weight is 302 g/mol. The molecule has 0 bridgehead atoms. The fourth-order valence-electron chi connectivity index (χ4n) is 1.30. The molecular weight excluding hydrogens is 286 g/mol. The highest BCUT2D eigenvalue weighted by Crippen LogP contribution is 2.26. The van der Waals surface area contributed by atoms with Gasteiger partial charge in [-0.2, -0.15) is 0 Å². The second-order valence-electron chi connectivity index (χ2n) is 3.61. The van der Waals surface area contributed by atoms with E-state index in [2.05, 4.69) is 28.2 Å². The van der Waals surface area contributed by atoms with Gasteiger partial charge in [0.2, 0.25) is 0 Å². The fourth-order valence-corrected chi connectivity index (χ4v) is 1.84. The monoisotopic (exact) mass is 301 g/mol. The van der Waals surface area contributed by atoms with Crippen molar-refractivity contribution in [2.75, 3.05) is 13.2 Å². The van der Waals surface area contributed by atoms with Crippen molar-refractivity contribution in [2.45, 2.75) is 19.9 Å². The Kier molecular flexibility index (Phi) is 6.00. The summed E-state index contributed by atoms with van der Waals surface area (Å²) in [4.78, 5) is 10.3. The van der Waals surface area contributed by atoms with E-state index in [0.717, 1.165) is 22.2 Å². The van der Waals surface area contributed by atoms with E-state index in [1.54, 1.807) is 0 Å². The zero-order valence-electron chi connectivity index (χ0n) is 9.70. The van der Waals surface area contributed by atoms with Gasteiger partial charge in [0.05, 0.1) is 17.6 Å². The van der Waals surface area contributed by atoms with Crippen LogP contribution in [0, 0.1) is 0 Å². The van der Waals surface area contributed by atoms with Crippen LogP contribution in [0.25, 0.3) is 0 Å². The molecule has 0 spiro atoms. The summed E-state index contributed by atoms with van der Waals surface area (Å²) in [7, 11) is 0. The Morgan fingerprint density at radius 1 is 1.53 bits per heavy atom. The van der Waals surface area contributed by atoms with Crippen molar-refractivity contribution in [3.8, 4) is 5.75 Å². The normalized spacial score (nSPS) is 10.2. The molecule has 94 valence electrons. The molecule has 0 heterocycles. The van der Waals surface area contributed by atoms with Crippen LogP contribution in [0.5, 0.6) is 5.75 Å². The molecule has 17 heavy (non-hydrogen) atoms. The van der Waals surface area contributed by atoms with E-state index in [4.69, 9.17) is 9.84 Å². The number of nitrogens with one attached hydrogen (secondary N) is 1. The minimum atomic E-state index is -0.855. The Morgan fingerprint density at radius 3 is 2.88 bits per heavy atom. The van der Waals surface area contributed by atoms with Gasteiger partial charge in [-0.3, -0.25) is 4.79 Å². The van der Waals surface area contributed by atoms with Gasteiger partial charge in [-0.1, -0.05) is 13.0 Å². The number of carboxylic acids is 1. The van der Waals surface area contributed by atoms with E-state index < -0.39 is 5.97 Å². The molecule has 1 aromatic rings. The number of hydrogen-bond donors (Lipinski definition) is 2. The number of halogens is 1. The molecule has 0 saturated heterocycles. The van der Waals surface area contributed by atoms with Gasteiger partial charge in [0.25, 0.3) is 0 Å². The number of ether oxygens (including phenoxy) is 1. The van der Waals surface area contributed by atoms with Crippen LogP contribution in [0.3, 0.4) is 0 Å². The first kappa shape index (κ1) is 14.0. The predicted octanol–water partition coefficient (Wildman–Crippen LogP) is 2.41. The molecule has 1 rings (SSSR count). The summed E-state index contributed by atoms with van der Waals surface area (Å²) in [5, 5.41) is 11.3. The number of aliphatic carboxylic acids is 1. The van der Waals surface area contributed by atoms with Crippen molar-refractivity contribution < 1.29 is 14.6 Å². The Bertz CT molecular complexity index is 382. The Hall–Kier alpha value is -1.07. The summed E-state index contributed by atoms with van der Waals surface area (Å²) >= 11 is 3.43. The minimum Gasteiger partial charge on any atom is -0.492 e. The van der Waals surface area contributed by atoms with Crippen LogP contribution in [-0.4, -0.2) is 24.2 Å². The average Bonchev–Trinajstić information content (AvgIpc) is 2.27. The van der Waals surface area contributed by atoms with Crippen LogP contribution in [0.2, 0.25) is 0 Å². The zero-order chi connectivity index (χ0) is 12.7. The molecule has 0 atom stereocenters. The highest BCUT2D eigenvalue weighted by molar-refractivity contribution is 9.10. The van der Waals surface area contributed by atoms with Crippen LogP contribution in [0.15, 0.2) is 22.7 Å². The molecular formula is C12H16BrNO3. The Morgan fingerprint density at radius 2 is 2.29 bits per heavy atom. The summed E-state index contributed by atoms with van der Waals surface area (Å²) in [6, 6.07) is 5.74. The lowest BCUT2D eigenvalue weighted by Crippen LogP contribution is -2.21. The quantitative estimate of drug-likeness (QED) is 0.812. The third-order valence-corrected chi connectivity index (χ3v) is 2.68. The van der Waals surface area contributed by atoms with E-state index in [0.29, 0.717) is 13.2 Å². The first-order valence-electron chi connectivity index (χ1n) is 5.47. The molecule has 5 heteroatoms. The molecule has 0 aliphatic rings. The molecule has 1 aromatic carbocycles. The summed E-state index contributed by atoms with van der Waals surface area (Å²) in [5.74, 6) is -0.0409. The van der Waals surface area contributed by atoms with Crippen molar-refractivity contribution in [3.05, 3.63) is 28.2 Å². The molecule has 0 aromatic heterocycles. The molecule has 0 aliphatic carbocycles. The van der Waals surface area contributed by atoms with Gasteiger partial charge in [-0.05, 0) is 40.0 Å². The maximum absolute atomic E-state index is 10.3. The van der Waals surface area contributed by atoms with Crippen LogP contribution >= 0.6 is 15.9 Å². The van der Waals surface area contributed by atoms with Gasteiger partial charge in [-0.15, -0.1) is 0 Å². The number of rotatable bonds is 7. The molecule has 2 N–H and O–H groups in total. The molecule has 0 unspecified atom stereocenters. The smallest absolute Gasteiger partial charge is 0.317 e. The topological polar surface area (TPSA) is 58.6 Å². The van der Waals surface area contributed by atoms with Crippen LogP contribution in [0.4, 0.5) is 0 Å². The molecule has 0 saturated carbocycles.